The zero-order valence-electron chi connectivity index (χ0n) is 10.1. The number of nitrogens with one attached hydrogen (secondary N) is 2. The van der Waals surface area contributed by atoms with Gasteiger partial charge in [-0.25, -0.2) is 0 Å². The molecule has 17 heavy (non-hydrogen) atoms. The number of carbonyl (C=O) groups excluding carboxylic acids is 2. The average Bonchev–Trinajstić information content (AvgIpc) is 2.85. The molecule has 1 rings (SSSR count). The van der Waals surface area contributed by atoms with Crippen LogP contribution in [0.1, 0.15) is 26.2 Å². The van der Waals surface area contributed by atoms with Gasteiger partial charge in [-0.3, -0.25) is 9.59 Å². The van der Waals surface area contributed by atoms with Gasteiger partial charge in [-0.05, 0) is 19.3 Å². The highest BCUT2D eigenvalue weighted by molar-refractivity contribution is 6.35. The summed E-state index contributed by atoms with van der Waals surface area (Å²) in [4.78, 5) is 22.8. The summed E-state index contributed by atoms with van der Waals surface area (Å²) in [5, 5.41) is 13.9. The summed E-state index contributed by atoms with van der Waals surface area (Å²) in [7, 11) is 0. The van der Waals surface area contributed by atoms with E-state index in [1.165, 1.54) is 0 Å². The number of hydrogen-bond donors (Lipinski definition) is 3. The third kappa shape index (κ3) is 4.70. The number of hydrogen-bond acceptors (Lipinski definition) is 4. The maximum atomic E-state index is 11.4. The monoisotopic (exact) mass is 244 g/mol. The minimum atomic E-state index is -0.705. The van der Waals surface area contributed by atoms with Crippen LogP contribution in [0.15, 0.2) is 0 Å². The smallest absolute Gasteiger partial charge is 0.309 e. The molecule has 1 aliphatic heterocycles. The van der Waals surface area contributed by atoms with E-state index in [9.17, 15) is 9.59 Å². The van der Waals surface area contributed by atoms with E-state index >= 15 is 0 Å². The molecule has 1 aliphatic rings. The number of amides is 2. The second-order valence-corrected chi connectivity index (χ2v) is 4.11. The Labute approximate surface area is 101 Å². The van der Waals surface area contributed by atoms with E-state index < -0.39 is 11.8 Å². The van der Waals surface area contributed by atoms with E-state index in [1.807, 2.05) is 6.92 Å². The maximum absolute atomic E-state index is 11.4. The Morgan fingerprint density at radius 1 is 1.47 bits per heavy atom. The van der Waals surface area contributed by atoms with Crippen molar-refractivity contribution in [1.29, 1.82) is 0 Å². The first-order valence-electron chi connectivity index (χ1n) is 5.98. The number of rotatable bonds is 5. The summed E-state index contributed by atoms with van der Waals surface area (Å²) in [6.07, 6.45) is 2.51. The molecule has 98 valence electrons. The van der Waals surface area contributed by atoms with E-state index in [0.29, 0.717) is 13.0 Å². The highest BCUT2D eigenvalue weighted by atomic mass is 16.5. The number of aliphatic hydroxyl groups excluding tert-OH is 1. The van der Waals surface area contributed by atoms with Crippen LogP contribution in [0, 0.1) is 0 Å². The minimum Gasteiger partial charge on any atom is -0.394 e. The number of ether oxygens (including phenoxy) is 1. The highest BCUT2D eigenvalue weighted by Crippen LogP contribution is 2.10. The topological polar surface area (TPSA) is 87.7 Å². The highest BCUT2D eigenvalue weighted by Gasteiger charge is 2.20. The molecule has 0 aromatic rings. The van der Waals surface area contributed by atoms with Crippen LogP contribution in [0.3, 0.4) is 0 Å². The van der Waals surface area contributed by atoms with Crippen LogP contribution in [-0.2, 0) is 14.3 Å². The quantitative estimate of drug-likeness (QED) is 0.551. The zero-order chi connectivity index (χ0) is 12.7. The van der Waals surface area contributed by atoms with Crippen LogP contribution in [-0.4, -0.2) is 48.8 Å². The molecule has 1 fully saturated rings. The summed E-state index contributed by atoms with van der Waals surface area (Å²) in [6, 6.07) is -0.365. The van der Waals surface area contributed by atoms with Crippen molar-refractivity contribution in [2.45, 2.75) is 38.3 Å². The first-order valence-corrected chi connectivity index (χ1v) is 5.98. The van der Waals surface area contributed by atoms with Gasteiger partial charge in [0.2, 0.25) is 0 Å². The lowest BCUT2D eigenvalue weighted by Crippen LogP contribution is -2.47. The maximum Gasteiger partial charge on any atom is 0.309 e. The van der Waals surface area contributed by atoms with Gasteiger partial charge in [0.1, 0.15) is 0 Å². The summed E-state index contributed by atoms with van der Waals surface area (Å²) in [5.74, 6) is -1.38. The van der Waals surface area contributed by atoms with Crippen molar-refractivity contribution in [2.75, 3.05) is 19.8 Å². The molecule has 0 bridgehead atoms. The molecule has 0 saturated carbocycles. The van der Waals surface area contributed by atoms with Gasteiger partial charge in [-0.15, -0.1) is 0 Å². The molecule has 0 aliphatic carbocycles. The molecule has 2 amide bonds. The summed E-state index contributed by atoms with van der Waals surface area (Å²) < 4.78 is 5.32. The van der Waals surface area contributed by atoms with E-state index in [2.05, 4.69) is 10.6 Å². The molecule has 0 aromatic heterocycles. The fraction of sp³-hybridized carbons (Fsp3) is 0.818. The average molecular weight is 244 g/mol. The van der Waals surface area contributed by atoms with E-state index in [-0.39, 0.29) is 18.8 Å². The second kappa shape index (κ2) is 7.24. The van der Waals surface area contributed by atoms with Crippen molar-refractivity contribution in [3.63, 3.8) is 0 Å². The first kappa shape index (κ1) is 13.9. The first-order chi connectivity index (χ1) is 8.17. The summed E-state index contributed by atoms with van der Waals surface area (Å²) in [5.41, 5.74) is 0. The Balaban J connectivity index is 2.23. The van der Waals surface area contributed by atoms with Crippen molar-refractivity contribution >= 4 is 11.8 Å². The lowest BCUT2D eigenvalue weighted by molar-refractivity contribution is -0.140. The van der Waals surface area contributed by atoms with Gasteiger partial charge in [0, 0.05) is 13.2 Å². The van der Waals surface area contributed by atoms with Crippen LogP contribution in [0.2, 0.25) is 0 Å². The Hall–Kier alpha value is -1.14. The zero-order valence-corrected chi connectivity index (χ0v) is 10.1. The van der Waals surface area contributed by atoms with Gasteiger partial charge < -0.3 is 20.5 Å². The SMILES string of the molecule is CC[C@@H](CO)NC(=O)C(=O)NC[C@H]1CCCO1. The van der Waals surface area contributed by atoms with Gasteiger partial charge in [-0.2, -0.15) is 0 Å². The molecule has 6 heteroatoms. The molecule has 0 spiro atoms. The Bertz CT molecular complexity index is 260. The molecule has 2 atom stereocenters. The molecule has 1 heterocycles. The molecule has 0 unspecified atom stereocenters. The lowest BCUT2D eigenvalue weighted by Gasteiger charge is -2.14. The van der Waals surface area contributed by atoms with Gasteiger partial charge in [0.15, 0.2) is 0 Å². The fourth-order valence-electron chi connectivity index (χ4n) is 1.62. The van der Waals surface area contributed by atoms with E-state index in [4.69, 9.17) is 9.84 Å². The predicted molar refractivity (Wildman–Crippen MR) is 61.3 cm³/mol. The van der Waals surface area contributed by atoms with Gasteiger partial charge in [0.25, 0.3) is 0 Å². The third-order valence-electron chi connectivity index (χ3n) is 2.77. The van der Waals surface area contributed by atoms with Gasteiger partial charge in [0.05, 0.1) is 18.8 Å². The van der Waals surface area contributed by atoms with Gasteiger partial charge >= 0.3 is 11.8 Å². The standard InChI is InChI=1S/C11H20N2O4/c1-2-8(7-14)13-11(16)10(15)12-6-9-4-3-5-17-9/h8-9,14H,2-7H2,1H3,(H,12,15)(H,13,16)/t8-,9+/m0/s1. The van der Waals surface area contributed by atoms with Crippen LogP contribution in [0.25, 0.3) is 0 Å². The van der Waals surface area contributed by atoms with Crippen LogP contribution < -0.4 is 10.6 Å². The Kier molecular flexibility index (Phi) is 5.93. The Morgan fingerprint density at radius 3 is 2.76 bits per heavy atom. The summed E-state index contributed by atoms with van der Waals surface area (Å²) >= 11 is 0. The molecular weight excluding hydrogens is 224 g/mol. The predicted octanol–water partition coefficient (Wildman–Crippen LogP) is -0.831. The number of carbonyl (C=O) groups is 2. The minimum absolute atomic E-state index is 0.0200. The Morgan fingerprint density at radius 2 is 2.24 bits per heavy atom. The molecule has 0 radical (unpaired) electrons. The third-order valence-corrected chi connectivity index (χ3v) is 2.77. The van der Waals surface area contributed by atoms with Crippen LogP contribution in [0.4, 0.5) is 0 Å². The van der Waals surface area contributed by atoms with Crippen LogP contribution >= 0.6 is 0 Å². The second-order valence-electron chi connectivity index (χ2n) is 4.11. The molecule has 3 N–H and O–H groups in total. The fourth-order valence-corrected chi connectivity index (χ4v) is 1.62. The largest absolute Gasteiger partial charge is 0.394 e. The molecule has 0 aromatic carbocycles. The van der Waals surface area contributed by atoms with Crippen molar-refractivity contribution in [3.8, 4) is 0 Å². The van der Waals surface area contributed by atoms with E-state index in [1.54, 1.807) is 0 Å². The molecular formula is C11H20N2O4. The molecule has 6 nitrogen and oxygen atoms in total. The van der Waals surface area contributed by atoms with E-state index in [0.717, 1.165) is 19.4 Å². The van der Waals surface area contributed by atoms with Crippen LogP contribution in [0.5, 0.6) is 0 Å². The van der Waals surface area contributed by atoms with Crippen molar-refractivity contribution in [2.24, 2.45) is 0 Å². The number of aliphatic hydroxyl groups is 1. The normalized spacial score (nSPS) is 20.9. The molecule has 1 saturated heterocycles. The van der Waals surface area contributed by atoms with Crippen molar-refractivity contribution < 1.29 is 19.4 Å². The van der Waals surface area contributed by atoms with Crippen molar-refractivity contribution in [3.05, 3.63) is 0 Å². The lowest BCUT2D eigenvalue weighted by atomic mass is 10.2. The summed E-state index contributed by atoms with van der Waals surface area (Å²) in [6.45, 7) is 2.74. The van der Waals surface area contributed by atoms with Gasteiger partial charge in [-0.1, -0.05) is 6.92 Å². The van der Waals surface area contributed by atoms with Crippen molar-refractivity contribution in [1.82, 2.24) is 10.6 Å².